The third kappa shape index (κ3) is 1.95. The normalized spacial score (nSPS) is 11.7. The van der Waals surface area contributed by atoms with E-state index in [9.17, 15) is 18.0 Å². The Kier molecular flexibility index (Phi) is 2.53. The first-order valence-electron chi connectivity index (χ1n) is 4.73. The molecule has 88 valence electrons. The fourth-order valence-corrected chi connectivity index (χ4v) is 1.76. The summed E-state index contributed by atoms with van der Waals surface area (Å²) in [6, 6.07) is 7.64. The predicted octanol–water partition coefficient (Wildman–Crippen LogP) is 3.56. The first kappa shape index (κ1) is 11.4. The van der Waals surface area contributed by atoms with E-state index in [1.165, 1.54) is 30.3 Å². The lowest BCUT2D eigenvalue weighted by Crippen LogP contribution is -2.08. The molecule has 2 aromatic rings. The van der Waals surface area contributed by atoms with Crippen LogP contribution < -0.4 is 0 Å². The molecule has 0 aromatic heterocycles. The predicted molar refractivity (Wildman–Crippen MR) is 55.9 cm³/mol. The van der Waals surface area contributed by atoms with Gasteiger partial charge >= 0.3 is 12.1 Å². The highest BCUT2D eigenvalue weighted by atomic mass is 19.4. The van der Waals surface area contributed by atoms with Crippen LogP contribution in [0.1, 0.15) is 15.9 Å². The van der Waals surface area contributed by atoms with Gasteiger partial charge in [0.05, 0.1) is 11.1 Å². The fourth-order valence-electron chi connectivity index (χ4n) is 1.76. The van der Waals surface area contributed by atoms with Crippen molar-refractivity contribution in [3.8, 4) is 0 Å². The molecule has 0 unspecified atom stereocenters. The fraction of sp³-hybridized carbons (Fsp3) is 0.0833. The summed E-state index contributed by atoms with van der Waals surface area (Å²) in [6.07, 6.45) is -4.56. The van der Waals surface area contributed by atoms with Crippen molar-refractivity contribution >= 4 is 16.7 Å². The number of carbonyl (C=O) groups is 1. The molecule has 17 heavy (non-hydrogen) atoms. The molecule has 0 radical (unpaired) electrons. The molecule has 5 heteroatoms. The number of carboxylic acid groups (broad SMARTS) is 1. The minimum atomic E-state index is -4.56. The van der Waals surface area contributed by atoms with Gasteiger partial charge in [-0.05, 0) is 17.5 Å². The van der Waals surface area contributed by atoms with Crippen LogP contribution in [0.15, 0.2) is 36.4 Å². The van der Waals surface area contributed by atoms with Crippen LogP contribution in [0.5, 0.6) is 0 Å². The highest BCUT2D eigenvalue weighted by Gasteiger charge is 2.33. The minimum absolute atomic E-state index is 0.264. The number of benzene rings is 2. The Balaban J connectivity index is 2.90. The molecule has 0 aliphatic rings. The zero-order valence-corrected chi connectivity index (χ0v) is 8.45. The van der Waals surface area contributed by atoms with Gasteiger partial charge in [-0.1, -0.05) is 24.3 Å². The van der Waals surface area contributed by atoms with Crippen LogP contribution in [0.2, 0.25) is 0 Å². The van der Waals surface area contributed by atoms with Crippen LogP contribution in [0.4, 0.5) is 13.2 Å². The Labute approximate surface area is 94.3 Å². The SMILES string of the molecule is O=C(O)c1cccc2cccc(C(F)(F)F)c12. The molecule has 0 bridgehead atoms. The van der Waals surface area contributed by atoms with Gasteiger partial charge in [-0.3, -0.25) is 0 Å². The average molecular weight is 240 g/mol. The van der Waals surface area contributed by atoms with Gasteiger partial charge in [-0.2, -0.15) is 13.2 Å². The van der Waals surface area contributed by atoms with E-state index in [1.807, 2.05) is 0 Å². The second-order valence-electron chi connectivity index (χ2n) is 3.51. The van der Waals surface area contributed by atoms with E-state index < -0.39 is 17.7 Å². The second kappa shape index (κ2) is 3.76. The van der Waals surface area contributed by atoms with Crippen molar-refractivity contribution in [3.05, 3.63) is 47.5 Å². The lowest BCUT2D eigenvalue weighted by atomic mass is 9.99. The summed E-state index contributed by atoms with van der Waals surface area (Å²) >= 11 is 0. The molecule has 0 fully saturated rings. The topological polar surface area (TPSA) is 37.3 Å². The lowest BCUT2D eigenvalue weighted by Gasteiger charge is -2.12. The van der Waals surface area contributed by atoms with Gasteiger partial charge in [0.1, 0.15) is 0 Å². The highest BCUT2D eigenvalue weighted by Crippen LogP contribution is 2.36. The summed E-state index contributed by atoms with van der Waals surface area (Å²) in [4.78, 5) is 10.9. The number of hydrogen-bond donors (Lipinski definition) is 1. The molecule has 0 amide bonds. The molecule has 2 rings (SSSR count). The monoisotopic (exact) mass is 240 g/mol. The molecule has 0 aliphatic carbocycles. The van der Waals surface area contributed by atoms with Gasteiger partial charge in [0, 0.05) is 5.39 Å². The number of rotatable bonds is 1. The summed E-state index contributed by atoms with van der Waals surface area (Å²) in [5.41, 5.74) is -1.26. The minimum Gasteiger partial charge on any atom is -0.478 e. The molecule has 2 nitrogen and oxygen atoms in total. The van der Waals surface area contributed by atoms with Crippen molar-refractivity contribution in [1.82, 2.24) is 0 Å². The molecule has 0 saturated heterocycles. The second-order valence-corrected chi connectivity index (χ2v) is 3.51. The van der Waals surface area contributed by atoms with Crippen molar-refractivity contribution in [1.29, 1.82) is 0 Å². The zero-order valence-electron chi connectivity index (χ0n) is 8.45. The van der Waals surface area contributed by atoms with Crippen LogP contribution in [0.3, 0.4) is 0 Å². The number of aromatic carboxylic acids is 1. The van der Waals surface area contributed by atoms with Crippen molar-refractivity contribution < 1.29 is 23.1 Å². The number of alkyl halides is 3. The third-order valence-corrected chi connectivity index (χ3v) is 2.44. The maximum absolute atomic E-state index is 12.8. The molecule has 0 heterocycles. The highest BCUT2D eigenvalue weighted by molar-refractivity contribution is 6.05. The third-order valence-electron chi connectivity index (χ3n) is 2.44. The molecule has 0 saturated carbocycles. The summed E-state index contributed by atoms with van der Waals surface area (Å²) in [7, 11) is 0. The zero-order chi connectivity index (χ0) is 12.6. The number of hydrogen-bond acceptors (Lipinski definition) is 1. The molecule has 0 spiro atoms. The van der Waals surface area contributed by atoms with E-state index >= 15 is 0 Å². The largest absolute Gasteiger partial charge is 0.478 e. The summed E-state index contributed by atoms with van der Waals surface area (Å²) < 4.78 is 38.3. The van der Waals surface area contributed by atoms with E-state index in [-0.39, 0.29) is 16.3 Å². The lowest BCUT2D eigenvalue weighted by molar-refractivity contribution is -0.136. The van der Waals surface area contributed by atoms with Crippen LogP contribution >= 0.6 is 0 Å². The quantitative estimate of drug-likeness (QED) is 0.827. The Morgan fingerprint density at radius 1 is 1.06 bits per heavy atom. The van der Waals surface area contributed by atoms with Gasteiger partial charge < -0.3 is 5.11 Å². The van der Waals surface area contributed by atoms with E-state index in [0.717, 1.165) is 6.07 Å². The van der Waals surface area contributed by atoms with Gasteiger partial charge in [0.15, 0.2) is 0 Å². The van der Waals surface area contributed by atoms with E-state index in [0.29, 0.717) is 0 Å². The molecule has 2 aromatic carbocycles. The van der Waals surface area contributed by atoms with E-state index in [4.69, 9.17) is 5.11 Å². The smallest absolute Gasteiger partial charge is 0.417 e. The maximum atomic E-state index is 12.8. The maximum Gasteiger partial charge on any atom is 0.417 e. The van der Waals surface area contributed by atoms with Crippen LogP contribution in [-0.2, 0) is 6.18 Å². The summed E-state index contributed by atoms with van der Waals surface area (Å²) in [5, 5.41) is 8.90. The van der Waals surface area contributed by atoms with Gasteiger partial charge in [0.2, 0.25) is 0 Å². The number of fused-ring (bicyclic) bond motifs is 1. The van der Waals surface area contributed by atoms with Crippen LogP contribution in [0.25, 0.3) is 10.8 Å². The molecule has 0 aliphatic heterocycles. The number of carboxylic acids is 1. The van der Waals surface area contributed by atoms with Crippen LogP contribution in [0, 0.1) is 0 Å². The average Bonchev–Trinajstić information content (AvgIpc) is 2.26. The van der Waals surface area contributed by atoms with Gasteiger partial charge in [0.25, 0.3) is 0 Å². The van der Waals surface area contributed by atoms with Crippen molar-refractivity contribution in [2.45, 2.75) is 6.18 Å². The van der Waals surface area contributed by atoms with Crippen LogP contribution in [-0.4, -0.2) is 11.1 Å². The van der Waals surface area contributed by atoms with Gasteiger partial charge in [-0.15, -0.1) is 0 Å². The van der Waals surface area contributed by atoms with E-state index in [2.05, 4.69) is 0 Å². The van der Waals surface area contributed by atoms with Gasteiger partial charge in [-0.25, -0.2) is 4.79 Å². The Morgan fingerprint density at radius 3 is 2.18 bits per heavy atom. The Morgan fingerprint density at radius 2 is 1.65 bits per heavy atom. The summed E-state index contributed by atoms with van der Waals surface area (Å²) in [5.74, 6) is -1.37. The van der Waals surface area contributed by atoms with E-state index in [1.54, 1.807) is 0 Å². The number of halogens is 3. The standard InChI is InChI=1S/C12H7F3O2/c13-12(14,15)9-6-2-4-7-3-1-5-8(10(7)9)11(16)17/h1-6H,(H,16,17). The van der Waals surface area contributed by atoms with Crippen molar-refractivity contribution in [2.24, 2.45) is 0 Å². The van der Waals surface area contributed by atoms with Crippen molar-refractivity contribution in [2.75, 3.05) is 0 Å². The Bertz CT molecular complexity index is 583. The van der Waals surface area contributed by atoms with Crippen molar-refractivity contribution in [3.63, 3.8) is 0 Å². The molecule has 1 N–H and O–H groups in total. The molecular formula is C12H7F3O2. The Hall–Kier alpha value is -2.04. The first-order chi connectivity index (χ1) is 7.91. The summed E-state index contributed by atoms with van der Waals surface area (Å²) in [6.45, 7) is 0. The first-order valence-corrected chi connectivity index (χ1v) is 4.73. The molecule has 0 atom stereocenters. The molecular weight excluding hydrogens is 233 g/mol.